The number of carbonyl (C=O) groups excluding carboxylic acids is 1. The lowest BCUT2D eigenvalue weighted by Crippen LogP contribution is -2.17. The highest BCUT2D eigenvalue weighted by Crippen LogP contribution is 1.97. The summed E-state index contributed by atoms with van der Waals surface area (Å²) in [6, 6.07) is 0. The Balaban J connectivity index is 4.51. The van der Waals surface area contributed by atoms with Crippen molar-refractivity contribution in [3.63, 3.8) is 0 Å². The minimum absolute atomic E-state index is 0.0000926. The SMILES string of the molecule is C=CN=C(C=C)C(=O)C(C)C. The maximum absolute atomic E-state index is 11.2. The maximum Gasteiger partial charge on any atom is 0.183 e. The molecule has 11 heavy (non-hydrogen) atoms. The number of ketones is 1. The summed E-state index contributed by atoms with van der Waals surface area (Å²) < 4.78 is 0. The second kappa shape index (κ2) is 4.61. The molecule has 0 spiro atoms. The van der Waals surface area contributed by atoms with Gasteiger partial charge in [-0.15, -0.1) is 0 Å². The monoisotopic (exact) mass is 151 g/mol. The van der Waals surface area contributed by atoms with Crippen molar-refractivity contribution in [2.45, 2.75) is 13.8 Å². The summed E-state index contributed by atoms with van der Waals surface area (Å²) in [6.45, 7) is 10.5. The van der Waals surface area contributed by atoms with E-state index in [1.165, 1.54) is 12.3 Å². The van der Waals surface area contributed by atoms with Crippen LogP contribution in [0.25, 0.3) is 0 Å². The van der Waals surface area contributed by atoms with Gasteiger partial charge in [0.15, 0.2) is 5.78 Å². The molecule has 0 aromatic carbocycles. The molecule has 0 aromatic rings. The van der Waals surface area contributed by atoms with Gasteiger partial charge in [0.1, 0.15) is 5.71 Å². The first-order chi connectivity index (χ1) is 5.13. The van der Waals surface area contributed by atoms with Gasteiger partial charge in [-0.1, -0.05) is 27.0 Å². The molecule has 0 aliphatic rings. The average Bonchev–Trinajstić information content (AvgIpc) is 1.98. The van der Waals surface area contributed by atoms with E-state index in [0.29, 0.717) is 5.71 Å². The Labute approximate surface area is 67.3 Å². The third-order valence-corrected chi connectivity index (χ3v) is 1.20. The number of carbonyl (C=O) groups is 1. The zero-order chi connectivity index (χ0) is 8.85. The topological polar surface area (TPSA) is 29.4 Å². The largest absolute Gasteiger partial charge is 0.292 e. The van der Waals surface area contributed by atoms with Crippen LogP contribution in [0.1, 0.15) is 13.8 Å². The van der Waals surface area contributed by atoms with Crippen LogP contribution < -0.4 is 0 Å². The van der Waals surface area contributed by atoms with Crippen LogP contribution >= 0.6 is 0 Å². The number of hydrogen-bond donors (Lipinski definition) is 0. The fourth-order valence-electron chi connectivity index (χ4n) is 0.611. The van der Waals surface area contributed by atoms with E-state index in [0.717, 1.165) is 0 Å². The van der Waals surface area contributed by atoms with Crippen molar-refractivity contribution in [1.29, 1.82) is 0 Å². The molecule has 60 valence electrons. The van der Waals surface area contributed by atoms with E-state index in [2.05, 4.69) is 18.2 Å². The van der Waals surface area contributed by atoms with Gasteiger partial charge >= 0.3 is 0 Å². The predicted octanol–water partition coefficient (Wildman–Crippen LogP) is 1.98. The molecule has 0 N–H and O–H groups in total. The van der Waals surface area contributed by atoms with Crippen LogP contribution in [0.4, 0.5) is 0 Å². The number of hydrogen-bond acceptors (Lipinski definition) is 2. The van der Waals surface area contributed by atoms with Gasteiger partial charge < -0.3 is 0 Å². The average molecular weight is 151 g/mol. The summed E-state index contributed by atoms with van der Waals surface area (Å²) in [6.07, 6.45) is 2.79. The lowest BCUT2D eigenvalue weighted by molar-refractivity contribution is -0.115. The Bertz CT molecular complexity index is 202. The molecule has 0 radical (unpaired) electrons. The molecule has 2 heteroatoms. The van der Waals surface area contributed by atoms with Crippen molar-refractivity contribution in [3.05, 3.63) is 25.4 Å². The lowest BCUT2D eigenvalue weighted by Gasteiger charge is -2.01. The molecule has 2 nitrogen and oxygen atoms in total. The predicted molar refractivity (Wildman–Crippen MR) is 47.7 cm³/mol. The first kappa shape index (κ1) is 9.82. The Kier molecular flexibility index (Phi) is 4.11. The third kappa shape index (κ3) is 2.94. The zero-order valence-corrected chi connectivity index (χ0v) is 7.00. The molecule has 0 unspecified atom stereocenters. The van der Waals surface area contributed by atoms with Gasteiger partial charge in [-0.05, 0) is 6.08 Å². The summed E-state index contributed by atoms with van der Waals surface area (Å²) in [5.41, 5.74) is 0.384. The summed E-state index contributed by atoms with van der Waals surface area (Å²) in [7, 11) is 0. The van der Waals surface area contributed by atoms with E-state index in [4.69, 9.17) is 0 Å². The highest BCUT2D eigenvalue weighted by molar-refractivity contribution is 6.44. The van der Waals surface area contributed by atoms with E-state index in [9.17, 15) is 4.79 Å². The third-order valence-electron chi connectivity index (χ3n) is 1.20. The molecule has 0 aliphatic heterocycles. The van der Waals surface area contributed by atoms with Crippen LogP contribution in [0.2, 0.25) is 0 Å². The van der Waals surface area contributed by atoms with Crippen LogP contribution in [0, 0.1) is 5.92 Å². The van der Waals surface area contributed by atoms with Crippen molar-refractivity contribution in [1.82, 2.24) is 0 Å². The molecule has 0 fully saturated rings. The molecule has 0 atom stereocenters. The minimum Gasteiger partial charge on any atom is -0.292 e. The quantitative estimate of drug-likeness (QED) is 0.565. The molecule has 0 rings (SSSR count). The van der Waals surface area contributed by atoms with Crippen molar-refractivity contribution in [3.8, 4) is 0 Å². The first-order valence-corrected chi connectivity index (χ1v) is 3.48. The number of aliphatic imine (C=N–C) groups is 1. The van der Waals surface area contributed by atoms with Gasteiger partial charge in [0.2, 0.25) is 0 Å². The van der Waals surface area contributed by atoms with Crippen LogP contribution in [-0.4, -0.2) is 11.5 Å². The standard InChI is InChI=1S/C9H13NO/c1-5-8(10-6-2)9(11)7(3)4/h5-7H,1-2H2,3-4H3. The summed E-state index contributed by atoms with van der Waals surface area (Å²) >= 11 is 0. The minimum atomic E-state index is -0.0355. The van der Waals surface area contributed by atoms with E-state index in [1.807, 2.05) is 13.8 Å². The molecule has 0 saturated heterocycles. The van der Waals surface area contributed by atoms with E-state index in [1.54, 1.807) is 0 Å². The highest BCUT2D eigenvalue weighted by Gasteiger charge is 2.10. The summed E-state index contributed by atoms with van der Waals surface area (Å²) in [5, 5.41) is 0. The number of Topliss-reactive ketones (excluding diaryl/α,β-unsaturated/α-hetero) is 1. The van der Waals surface area contributed by atoms with Crippen LogP contribution in [-0.2, 0) is 4.79 Å². The molecular weight excluding hydrogens is 138 g/mol. The first-order valence-electron chi connectivity index (χ1n) is 3.48. The molecule has 0 aliphatic carbocycles. The van der Waals surface area contributed by atoms with Crippen molar-refractivity contribution in [2.75, 3.05) is 0 Å². The summed E-state index contributed by atoms with van der Waals surface area (Å²) in [4.78, 5) is 15.0. The van der Waals surface area contributed by atoms with Crippen LogP contribution in [0.5, 0.6) is 0 Å². The molecule has 0 heterocycles. The smallest absolute Gasteiger partial charge is 0.183 e. The van der Waals surface area contributed by atoms with Crippen molar-refractivity contribution in [2.24, 2.45) is 10.9 Å². The van der Waals surface area contributed by atoms with Gasteiger partial charge in [-0.3, -0.25) is 9.79 Å². The normalized spacial score (nSPS) is 11.4. The molecule has 0 aromatic heterocycles. The zero-order valence-electron chi connectivity index (χ0n) is 7.00. The molecule has 0 bridgehead atoms. The second-order valence-electron chi connectivity index (χ2n) is 2.42. The molecule has 0 saturated carbocycles. The Morgan fingerprint density at radius 1 is 1.45 bits per heavy atom. The Hall–Kier alpha value is -1.18. The fourth-order valence-corrected chi connectivity index (χ4v) is 0.611. The van der Waals surface area contributed by atoms with Crippen molar-refractivity contribution >= 4 is 11.5 Å². The van der Waals surface area contributed by atoms with Gasteiger partial charge in [-0.25, -0.2) is 0 Å². The van der Waals surface area contributed by atoms with Gasteiger partial charge in [0.05, 0.1) is 0 Å². The second-order valence-corrected chi connectivity index (χ2v) is 2.42. The number of nitrogens with zero attached hydrogens (tertiary/aromatic N) is 1. The molecule has 0 amide bonds. The van der Waals surface area contributed by atoms with Crippen molar-refractivity contribution < 1.29 is 4.79 Å². The lowest BCUT2D eigenvalue weighted by atomic mass is 10.1. The summed E-state index contributed by atoms with van der Waals surface area (Å²) in [5.74, 6) is -0.0356. The van der Waals surface area contributed by atoms with E-state index in [-0.39, 0.29) is 11.7 Å². The Morgan fingerprint density at radius 2 is 2.00 bits per heavy atom. The van der Waals surface area contributed by atoms with Crippen LogP contribution in [0.3, 0.4) is 0 Å². The maximum atomic E-state index is 11.2. The van der Waals surface area contributed by atoms with E-state index >= 15 is 0 Å². The molecular formula is C9H13NO. The fraction of sp³-hybridized carbons (Fsp3) is 0.333. The van der Waals surface area contributed by atoms with Gasteiger partial charge in [0, 0.05) is 12.1 Å². The number of allylic oxidation sites excluding steroid dienone is 1. The Morgan fingerprint density at radius 3 is 2.27 bits per heavy atom. The van der Waals surface area contributed by atoms with Gasteiger partial charge in [-0.2, -0.15) is 0 Å². The van der Waals surface area contributed by atoms with E-state index < -0.39 is 0 Å². The number of rotatable bonds is 4. The highest BCUT2D eigenvalue weighted by atomic mass is 16.1. The van der Waals surface area contributed by atoms with Gasteiger partial charge in [0.25, 0.3) is 0 Å². The van der Waals surface area contributed by atoms with Crippen LogP contribution in [0.15, 0.2) is 30.4 Å².